The van der Waals surface area contributed by atoms with Crippen molar-refractivity contribution in [2.24, 2.45) is 9.98 Å². The first-order valence-electron chi connectivity index (χ1n) is 8.28. The highest BCUT2D eigenvalue weighted by molar-refractivity contribution is 6.30. The Kier molecular flexibility index (Phi) is 6.06. The quantitative estimate of drug-likeness (QED) is 0.613. The van der Waals surface area contributed by atoms with Gasteiger partial charge in [0.15, 0.2) is 0 Å². The molecule has 0 N–H and O–H groups in total. The van der Waals surface area contributed by atoms with Crippen LogP contribution in [0.5, 0.6) is 0 Å². The molecule has 24 heavy (non-hydrogen) atoms. The molecule has 0 radical (unpaired) electrons. The lowest BCUT2D eigenvalue weighted by atomic mass is 9.91. The molecule has 2 nitrogen and oxygen atoms in total. The molecule has 2 aromatic rings. The zero-order valence-corrected chi connectivity index (χ0v) is 14.9. The second-order valence-electron chi connectivity index (χ2n) is 6.08. The second-order valence-corrected chi connectivity index (χ2v) is 6.95. The van der Waals surface area contributed by atoms with E-state index in [0.29, 0.717) is 0 Å². The number of hydrogen-bond acceptors (Lipinski definition) is 2. The van der Waals surface area contributed by atoms with E-state index in [1.807, 2.05) is 61.0 Å². The fourth-order valence-electron chi connectivity index (χ4n) is 2.90. The Morgan fingerprint density at radius 2 is 1.04 bits per heavy atom. The number of benzene rings is 2. The molecule has 1 aliphatic rings. The summed E-state index contributed by atoms with van der Waals surface area (Å²) in [5, 5.41) is 1.49. The van der Waals surface area contributed by atoms with Gasteiger partial charge in [-0.05, 0) is 48.2 Å². The van der Waals surface area contributed by atoms with Crippen molar-refractivity contribution in [2.45, 2.75) is 37.8 Å². The van der Waals surface area contributed by atoms with Gasteiger partial charge in [-0.2, -0.15) is 0 Å². The van der Waals surface area contributed by atoms with Crippen LogP contribution < -0.4 is 0 Å². The number of hydrogen-bond donors (Lipinski definition) is 0. The van der Waals surface area contributed by atoms with E-state index in [0.717, 1.165) is 34.0 Å². The zero-order valence-electron chi connectivity index (χ0n) is 13.4. The van der Waals surface area contributed by atoms with Crippen molar-refractivity contribution < 1.29 is 0 Å². The molecular weight excluding hydrogens is 339 g/mol. The molecule has 0 spiro atoms. The zero-order chi connectivity index (χ0) is 16.8. The van der Waals surface area contributed by atoms with Gasteiger partial charge in [0, 0.05) is 22.5 Å². The molecule has 124 valence electrons. The van der Waals surface area contributed by atoms with Gasteiger partial charge in [-0.1, -0.05) is 60.3 Å². The average Bonchev–Trinajstić information content (AvgIpc) is 2.61. The normalized spacial score (nSPS) is 21.6. The number of halogens is 2. The molecular formula is C20H20Cl2N2. The SMILES string of the molecule is Clc1ccc(C=N[C@@H]2CCCC[C@H]2N=Cc2ccc(Cl)cc2)cc1. The van der Waals surface area contributed by atoms with Crippen molar-refractivity contribution in [3.05, 3.63) is 69.7 Å². The molecule has 1 saturated carbocycles. The predicted octanol–water partition coefficient (Wildman–Crippen LogP) is 5.84. The summed E-state index contributed by atoms with van der Waals surface area (Å²) in [6.45, 7) is 0. The third kappa shape index (κ3) is 4.93. The van der Waals surface area contributed by atoms with E-state index >= 15 is 0 Å². The summed E-state index contributed by atoms with van der Waals surface area (Å²) < 4.78 is 0. The molecule has 1 fully saturated rings. The molecule has 3 rings (SSSR count). The summed E-state index contributed by atoms with van der Waals surface area (Å²) in [6.07, 6.45) is 8.50. The largest absolute Gasteiger partial charge is 0.287 e. The van der Waals surface area contributed by atoms with Crippen LogP contribution in [0.25, 0.3) is 0 Å². The van der Waals surface area contributed by atoms with Crippen LogP contribution in [0.15, 0.2) is 58.5 Å². The molecule has 0 bridgehead atoms. The predicted molar refractivity (Wildman–Crippen MR) is 104 cm³/mol. The highest BCUT2D eigenvalue weighted by atomic mass is 35.5. The van der Waals surface area contributed by atoms with Gasteiger partial charge in [-0.25, -0.2) is 0 Å². The topological polar surface area (TPSA) is 24.7 Å². The number of nitrogens with zero attached hydrogens (tertiary/aromatic N) is 2. The lowest BCUT2D eigenvalue weighted by Gasteiger charge is -2.25. The summed E-state index contributed by atoms with van der Waals surface area (Å²) in [4.78, 5) is 9.58. The molecule has 1 aliphatic carbocycles. The Morgan fingerprint density at radius 3 is 1.42 bits per heavy atom. The first-order chi connectivity index (χ1) is 11.7. The van der Waals surface area contributed by atoms with E-state index in [9.17, 15) is 0 Å². The van der Waals surface area contributed by atoms with Gasteiger partial charge in [0.1, 0.15) is 0 Å². The Bertz CT molecular complexity index is 642. The lowest BCUT2D eigenvalue weighted by molar-refractivity contribution is 0.390. The van der Waals surface area contributed by atoms with Crippen LogP contribution in [0.3, 0.4) is 0 Å². The fraction of sp³-hybridized carbons (Fsp3) is 0.300. The Morgan fingerprint density at radius 1 is 0.667 bits per heavy atom. The van der Waals surface area contributed by atoms with Crippen molar-refractivity contribution in [1.82, 2.24) is 0 Å². The van der Waals surface area contributed by atoms with Gasteiger partial charge in [-0.3, -0.25) is 9.98 Å². The number of rotatable bonds is 4. The van der Waals surface area contributed by atoms with Crippen LogP contribution in [-0.4, -0.2) is 24.5 Å². The summed E-state index contributed by atoms with van der Waals surface area (Å²) >= 11 is 11.8. The minimum absolute atomic E-state index is 0.248. The maximum atomic E-state index is 5.92. The summed E-state index contributed by atoms with van der Waals surface area (Å²) in [6, 6.07) is 16.0. The van der Waals surface area contributed by atoms with Crippen molar-refractivity contribution in [3.63, 3.8) is 0 Å². The van der Waals surface area contributed by atoms with Crippen molar-refractivity contribution in [1.29, 1.82) is 0 Å². The van der Waals surface area contributed by atoms with E-state index < -0.39 is 0 Å². The second kappa shape index (κ2) is 8.46. The molecule has 0 unspecified atom stereocenters. The van der Waals surface area contributed by atoms with Gasteiger partial charge >= 0.3 is 0 Å². The van der Waals surface area contributed by atoms with Gasteiger partial charge < -0.3 is 0 Å². The lowest BCUT2D eigenvalue weighted by Crippen LogP contribution is -2.27. The standard InChI is InChI=1S/C20H20Cl2N2/c21-17-9-5-15(6-10-17)13-23-19-3-1-2-4-20(19)24-14-16-7-11-18(22)12-8-16/h5-14,19-20H,1-4H2/t19-,20-/m1/s1. The first kappa shape index (κ1) is 17.2. The maximum absolute atomic E-state index is 5.92. The Hall–Kier alpha value is -1.64. The molecule has 0 amide bonds. The van der Waals surface area contributed by atoms with Crippen molar-refractivity contribution in [2.75, 3.05) is 0 Å². The highest BCUT2D eigenvalue weighted by Gasteiger charge is 2.23. The van der Waals surface area contributed by atoms with Crippen LogP contribution in [0.4, 0.5) is 0 Å². The minimum Gasteiger partial charge on any atom is -0.287 e. The van der Waals surface area contributed by atoms with Gasteiger partial charge in [-0.15, -0.1) is 0 Å². The van der Waals surface area contributed by atoms with Gasteiger partial charge in [0.2, 0.25) is 0 Å². The monoisotopic (exact) mass is 358 g/mol. The van der Waals surface area contributed by atoms with Crippen LogP contribution in [0.2, 0.25) is 10.0 Å². The van der Waals surface area contributed by atoms with Crippen molar-refractivity contribution >= 4 is 35.6 Å². The summed E-state index contributed by atoms with van der Waals surface area (Å²) in [5.41, 5.74) is 2.15. The highest BCUT2D eigenvalue weighted by Crippen LogP contribution is 2.24. The third-order valence-corrected chi connectivity index (χ3v) is 4.77. The van der Waals surface area contributed by atoms with E-state index in [1.165, 1.54) is 12.8 Å². The average molecular weight is 359 g/mol. The van der Waals surface area contributed by atoms with Crippen LogP contribution >= 0.6 is 23.2 Å². The Labute approximate surface area is 153 Å². The maximum Gasteiger partial charge on any atom is 0.0723 e. The van der Waals surface area contributed by atoms with Crippen molar-refractivity contribution in [3.8, 4) is 0 Å². The molecule has 0 saturated heterocycles. The first-order valence-corrected chi connectivity index (χ1v) is 9.04. The van der Waals surface area contributed by atoms with Crippen LogP contribution in [-0.2, 0) is 0 Å². The summed E-state index contributed by atoms with van der Waals surface area (Å²) in [7, 11) is 0. The molecule has 0 aromatic heterocycles. The van der Waals surface area contributed by atoms with Gasteiger partial charge in [0.25, 0.3) is 0 Å². The fourth-order valence-corrected chi connectivity index (χ4v) is 3.15. The van der Waals surface area contributed by atoms with Crippen LogP contribution in [0.1, 0.15) is 36.8 Å². The molecule has 0 aliphatic heterocycles. The third-order valence-electron chi connectivity index (χ3n) is 4.26. The number of aliphatic imine (C=N–C) groups is 2. The summed E-state index contributed by atoms with van der Waals surface area (Å²) in [5.74, 6) is 0. The van der Waals surface area contributed by atoms with Gasteiger partial charge in [0.05, 0.1) is 12.1 Å². The molecule has 2 atom stereocenters. The van der Waals surface area contributed by atoms with E-state index in [1.54, 1.807) is 0 Å². The van der Waals surface area contributed by atoms with Crippen LogP contribution in [0, 0.1) is 0 Å². The minimum atomic E-state index is 0.248. The Balaban J connectivity index is 1.68. The molecule has 4 heteroatoms. The van der Waals surface area contributed by atoms with E-state index in [2.05, 4.69) is 0 Å². The smallest absolute Gasteiger partial charge is 0.0723 e. The molecule has 0 heterocycles. The van der Waals surface area contributed by atoms with E-state index in [4.69, 9.17) is 33.2 Å². The molecule has 2 aromatic carbocycles. The van der Waals surface area contributed by atoms with E-state index in [-0.39, 0.29) is 12.1 Å².